The van der Waals surface area contributed by atoms with Crippen LogP contribution in [0.15, 0.2) is 30.3 Å². The molecule has 0 amide bonds. The summed E-state index contributed by atoms with van der Waals surface area (Å²) < 4.78 is 5.86. The van der Waals surface area contributed by atoms with Crippen LogP contribution in [0.4, 0.5) is 0 Å². The van der Waals surface area contributed by atoms with Gasteiger partial charge in [0.25, 0.3) is 0 Å². The molecule has 0 radical (unpaired) electrons. The molecule has 2 saturated heterocycles. The fourth-order valence-electron chi connectivity index (χ4n) is 2.54. The Morgan fingerprint density at radius 3 is 2.87 bits per heavy atom. The molecule has 0 saturated carbocycles. The van der Waals surface area contributed by atoms with Crippen molar-refractivity contribution < 1.29 is 4.74 Å². The van der Waals surface area contributed by atoms with E-state index in [1.807, 2.05) is 6.07 Å². The zero-order chi connectivity index (χ0) is 10.3. The maximum Gasteiger partial charge on any atom is 0.137 e. The Morgan fingerprint density at radius 2 is 2.07 bits per heavy atom. The van der Waals surface area contributed by atoms with Crippen LogP contribution in [0.5, 0.6) is 0 Å². The van der Waals surface area contributed by atoms with Gasteiger partial charge in [-0.3, -0.25) is 4.90 Å². The number of fused-ring (bicyclic) bond motifs is 1. The van der Waals surface area contributed by atoms with E-state index in [4.69, 9.17) is 4.74 Å². The molecule has 2 aliphatic rings. The lowest BCUT2D eigenvalue weighted by Gasteiger charge is -2.21. The summed E-state index contributed by atoms with van der Waals surface area (Å²) >= 11 is 3.70. The van der Waals surface area contributed by atoms with Crippen molar-refractivity contribution in [1.82, 2.24) is 4.90 Å². The lowest BCUT2D eigenvalue weighted by molar-refractivity contribution is 0.0358. The number of alkyl halides is 1. The van der Waals surface area contributed by atoms with Gasteiger partial charge in [-0.25, -0.2) is 0 Å². The van der Waals surface area contributed by atoms with E-state index >= 15 is 0 Å². The SMILES string of the molecule is Br[C@H]1C[C@H]2CO[C@H](c3ccccc3)N2C1. The molecule has 3 rings (SSSR count). The third-order valence-corrected chi connectivity index (χ3v) is 3.90. The van der Waals surface area contributed by atoms with Gasteiger partial charge < -0.3 is 4.74 Å². The molecule has 1 aromatic rings. The molecule has 2 heterocycles. The number of ether oxygens (including phenoxy) is 1. The Hall–Kier alpha value is -0.380. The molecule has 0 unspecified atom stereocenters. The highest BCUT2D eigenvalue weighted by molar-refractivity contribution is 9.09. The Balaban J connectivity index is 1.84. The molecule has 0 bridgehead atoms. The molecule has 0 spiro atoms. The van der Waals surface area contributed by atoms with E-state index in [0.29, 0.717) is 10.9 Å². The van der Waals surface area contributed by atoms with E-state index in [0.717, 1.165) is 13.2 Å². The van der Waals surface area contributed by atoms with E-state index in [2.05, 4.69) is 45.1 Å². The van der Waals surface area contributed by atoms with Crippen molar-refractivity contribution in [3.8, 4) is 0 Å². The first-order valence-electron chi connectivity index (χ1n) is 5.41. The number of benzene rings is 1. The summed E-state index contributed by atoms with van der Waals surface area (Å²) in [7, 11) is 0. The highest BCUT2D eigenvalue weighted by atomic mass is 79.9. The van der Waals surface area contributed by atoms with Crippen molar-refractivity contribution in [2.75, 3.05) is 13.2 Å². The quantitative estimate of drug-likeness (QED) is 0.726. The Morgan fingerprint density at radius 1 is 1.27 bits per heavy atom. The molecule has 2 fully saturated rings. The van der Waals surface area contributed by atoms with Gasteiger partial charge in [0.1, 0.15) is 6.23 Å². The number of hydrogen-bond acceptors (Lipinski definition) is 2. The molecular formula is C12H14BrNO. The number of halogens is 1. The zero-order valence-corrected chi connectivity index (χ0v) is 10.1. The van der Waals surface area contributed by atoms with E-state index in [1.165, 1.54) is 12.0 Å². The van der Waals surface area contributed by atoms with Crippen molar-refractivity contribution in [2.24, 2.45) is 0 Å². The van der Waals surface area contributed by atoms with Gasteiger partial charge in [0, 0.05) is 17.4 Å². The Kier molecular flexibility index (Phi) is 2.54. The smallest absolute Gasteiger partial charge is 0.137 e. The van der Waals surface area contributed by atoms with Crippen LogP contribution in [0, 0.1) is 0 Å². The minimum atomic E-state index is 0.179. The van der Waals surface area contributed by atoms with Gasteiger partial charge in [0.15, 0.2) is 0 Å². The third-order valence-electron chi connectivity index (χ3n) is 3.24. The van der Waals surface area contributed by atoms with Gasteiger partial charge in [-0.2, -0.15) is 0 Å². The highest BCUT2D eigenvalue weighted by Gasteiger charge is 2.41. The first-order chi connectivity index (χ1) is 7.34. The summed E-state index contributed by atoms with van der Waals surface area (Å²) in [6.07, 6.45) is 1.39. The van der Waals surface area contributed by atoms with E-state index < -0.39 is 0 Å². The molecule has 0 aromatic heterocycles. The van der Waals surface area contributed by atoms with Gasteiger partial charge in [-0.05, 0) is 12.0 Å². The summed E-state index contributed by atoms with van der Waals surface area (Å²) in [5.74, 6) is 0. The van der Waals surface area contributed by atoms with Gasteiger partial charge in [-0.15, -0.1) is 0 Å². The molecule has 2 aliphatic heterocycles. The normalized spacial score (nSPS) is 35.7. The summed E-state index contributed by atoms with van der Waals surface area (Å²) in [5.41, 5.74) is 1.28. The van der Waals surface area contributed by atoms with Crippen LogP contribution in [0.3, 0.4) is 0 Å². The first-order valence-corrected chi connectivity index (χ1v) is 6.32. The van der Waals surface area contributed by atoms with Crippen molar-refractivity contribution >= 4 is 15.9 Å². The summed E-state index contributed by atoms with van der Waals surface area (Å²) in [4.78, 5) is 3.10. The second-order valence-electron chi connectivity index (χ2n) is 4.28. The van der Waals surface area contributed by atoms with Crippen LogP contribution in [-0.4, -0.2) is 28.9 Å². The first kappa shape index (κ1) is 9.82. The molecule has 1 aromatic carbocycles. The number of nitrogens with zero attached hydrogens (tertiary/aromatic N) is 1. The predicted molar refractivity (Wildman–Crippen MR) is 63.0 cm³/mol. The van der Waals surface area contributed by atoms with Crippen LogP contribution < -0.4 is 0 Å². The third kappa shape index (κ3) is 1.73. The van der Waals surface area contributed by atoms with E-state index in [1.54, 1.807) is 0 Å². The average Bonchev–Trinajstić information content (AvgIpc) is 2.77. The standard InChI is InChI=1S/C12H14BrNO/c13-10-6-11-8-15-12(14(11)7-10)9-4-2-1-3-5-9/h1-5,10-12H,6-8H2/t10-,11-,12+/m0/s1. The fraction of sp³-hybridized carbons (Fsp3) is 0.500. The molecular weight excluding hydrogens is 254 g/mol. The van der Waals surface area contributed by atoms with Crippen LogP contribution >= 0.6 is 15.9 Å². The second-order valence-corrected chi connectivity index (χ2v) is 5.57. The highest BCUT2D eigenvalue weighted by Crippen LogP contribution is 2.38. The zero-order valence-electron chi connectivity index (χ0n) is 8.47. The Bertz CT molecular complexity index is 343. The van der Waals surface area contributed by atoms with Gasteiger partial charge in [0.05, 0.1) is 6.61 Å². The van der Waals surface area contributed by atoms with E-state index in [9.17, 15) is 0 Å². The molecule has 3 atom stereocenters. The van der Waals surface area contributed by atoms with Crippen LogP contribution in [0.25, 0.3) is 0 Å². The minimum Gasteiger partial charge on any atom is -0.357 e. The van der Waals surface area contributed by atoms with Crippen molar-refractivity contribution in [2.45, 2.75) is 23.5 Å². The average molecular weight is 268 g/mol. The Labute approximate surface area is 98.4 Å². The molecule has 2 nitrogen and oxygen atoms in total. The largest absolute Gasteiger partial charge is 0.357 e. The van der Waals surface area contributed by atoms with Gasteiger partial charge in [0.2, 0.25) is 0 Å². The lowest BCUT2D eigenvalue weighted by atomic mass is 10.2. The van der Waals surface area contributed by atoms with Gasteiger partial charge in [-0.1, -0.05) is 46.3 Å². The van der Waals surface area contributed by atoms with E-state index in [-0.39, 0.29) is 6.23 Å². The topological polar surface area (TPSA) is 12.5 Å². The maximum atomic E-state index is 5.86. The van der Waals surface area contributed by atoms with Crippen molar-refractivity contribution in [3.05, 3.63) is 35.9 Å². The molecule has 80 valence electrons. The monoisotopic (exact) mass is 267 g/mol. The molecule has 15 heavy (non-hydrogen) atoms. The lowest BCUT2D eigenvalue weighted by Crippen LogP contribution is -2.27. The van der Waals surface area contributed by atoms with Crippen molar-refractivity contribution in [3.63, 3.8) is 0 Å². The van der Waals surface area contributed by atoms with Crippen LogP contribution in [-0.2, 0) is 4.74 Å². The summed E-state index contributed by atoms with van der Waals surface area (Å²) in [5, 5.41) is 0. The van der Waals surface area contributed by atoms with Crippen LogP contribution in [0.1, 0.15) is 18.2 Å². The predicted octanol–water partition coefficient (Wildman–Crippen LogP) is 2.55. The number of hydrogen-bond donors (Lipinski definition) is 0. The summed E-state index contributed by atoms with van der Waals surface area (Å²) in [6, 6.07) is 11.1. The maximum absolute atomic E-state index is 5.86. The van der Waals surface area contributed by atoms with Crippen molar-refractivity contribution in [1.29, 1.82) is 0 Å². The minimum absolute atomic E-state index is 0.179. The molecule has 3 heteroatoms. The molecule has 0 aliphatic carbocycles. The van der Waals surface area contributed by atoms with Crippen LogP contribution in [0.2, 0.25) is 0 Å². The number of rotatable bonds is 1. The molecule has 0 N–H and O–H groups in total. The summed E-state index contributed by atoms with van der Waals surface area (Å²) in [6.45, 7) is 1.98. The second kappa shape index (κ2) is 3.89. The fourth-order valence-corrected chi connectivity index (χ4v) is 3.30. The van der Waals surface area contributed by atoms with Gasteiger partial charge >= 0.3 is 0 Å².